The van der Waals surface area contributed by atoms with Gasteiger partial charge in [0.05, 0.1) is 21.6 Å². The van der Waals surface area contributed by atoms with E-state index in [0.717, 1.165) is 0 Å². The number of carbonyl (C=O) groups excluding carboxylic acids is 1. The van der Waals surface area contributed by atoms with Crippen molar-refractivity contribution >= 4 is 29.2 Å². The minimum absolute atomic E-state index is 0. The van der Waals surface area contributed by atoms with E-state index < -0.39 is 5.97 Å². The van der Waals surface area contributed by atoms with Crippen molar-refractivity contribution in [2.45, 2.75) is 6.92 Å². The number of carboxylic acids is 1. The molecule has 0 atom stereocenters. The van der Waals surface area contributed by atoms with E-state index in [1.807, 2.05) is 0 Å². The summed E-state index contributed by atoms with van der Waals surface area (Å²) >= 11 is 11.9. The minimum Gasteiger partial charge on any atom is -0.545 e. The molecule has 1 aromatic carbocycles. The predicted octanol–water partition coefficient (Wildman–Crippen LogP) is -0.676. The van der Waals surface area contributed by atoms with Crippen LogP contribution in [-0.4, -0.2) is 11.1 Å². The molecule has 0 N–H and O–H groups in total. The molecule has 0 bridgehead atoms. The molecule has 4 nitrogen and oxygen atoms in total. The Bertz CT molecular complexity index is 578. The SMILES string of the molecule is Cc1onc(-c2c(Cl)cccc2Cl)c1C(=O)[O-].[K+]. The maximum Gasteiger partial charge on any atom is 1.00 e. The molecule has 0 spiro atoms. The maximum atomic E-state index is 11.0. The molecule has 18 heavy (non-hydrogen) atoms. The Morgan fingerprint density at radius 1 is 1.33 bits per heavy atom. The molecule has 0 aliphatic rings. The molecular formula is C11H6Cl2KNO3. The Morgan fingerprint density at radius 3 is 2.39 bits per heavy atom. The number of nitrogens with zero attached hydrogens (tertiary/aromatic N) is 1. The zero-order chi connectivity index (χ0) is 12.6. The third-order valence-electron chi connectivity index (χ3n) is 2.27. The zero-order valence-corrected chi connectivity index (χ0v) is 14.3. The summed E-state index contributed by atoms with van der Waals surface area (Å²) in [6.07, 6.45) is 0. The van der Waals surface area contributed by atoms with Crippen LogP contribution in [-0.2, 0) is 0 Å². The number of rotatable bonds is 2. The van der Waals surface area contributed by atoms with Crippen LogP contribution in [0.15, 0.2) is 22.7 Å². The first-order chi connectivity index (χ1) is 8.02. The average molecular weight is 310 g/mol. The Labute approximate surface area is 156 Å². The van der Waals surface area contributed by atoms with Crippen LogP contribution in [0.4, 0.5) is 0 Å². The topological polar surface area (TPSA) is 66.2 Å². The smallest absolute Gasteiger partial charge is 0.545 e. The first kappa shape index (κ1) is 16.2. The van der Waals surface area contributed by atoms with E-state index >= 15 is 0 Å². The summed E-state index contributed by atoms with van der Waals surface area (Å²) in [6, 6.07) is 4.83. The molecule has 2 rings (SSSR count). The van der Waals surface area contributed by atoms with E-state index in [4.69, 9.17) is 27.7 Å². The van der Waals surface area contributed by atoms with E-state index in [1.54, 1.807) is 18.2 Å². The number of carboxylic acid groups (broad SMARTS) is 1. The number of aryl methyl sites for hydroxylation is 1. The Morgan fingerprint density at radius 2 is 1.89 bits per heavy atom. The van der Waals surface area contributed by atoms with E-state index in [0.29, 0.717) is 15.6 Å². The van der Waals surface area contributed by atoms with Gasteiger partial charge in [0, 0.05) is 5.56 Å². The summed E-state index contributed by atoms with van der Waals surface area (Å²) < 4.78 is 4.83. The summed E-state index contributed by atoms with van der Waals surface area (Å²) in [6.45, 7) is 1.48. The number of halogens is 2. The van der Waals surface area contributed by atoms with Crippen molar-refractivity contribution in [3.8, 4) is 11.3 Å². The molecule has 0 saturated carbocycles. The molecule has 7 heteroatoms. The van der Waals surface area contributed by atoms with Gasteiger partial charge in [-0.3, -0.25) is 0 Å². The molecule has 0 fully saturated rings. The van der Waals surface area contributed by atoms with E-state index in [1.165, 1.54) is 6.92 Å². The molecule has 0 amide bonds. The Hall–Kier alpha value is 0.116. The van der Waals surface area contributed by atoms with Gasteiger partial charge in [-0.25, -0.2) is 0 Å². The molecule has 1 aromatic heterocycles. The summed E-state index contributed by atoms with van der Waals surface area (Å²) in [5.74, 6) is -1.23. The van der Waals surface area contributed by atoms with Crippen LogP contribution in [0.25, 0.3) is 11.3 Å². The van der Waals surface area contributed by atoms with Crippen molar-refractivity contribution in [1.82, 2.24) is 5.16 Å². The number of aromatic carboxylic acids is 1. The molecule has 0 aliphatic carbocycles. The van der Waals surface area contributed by atoms with Gasteiger partial charge in [-0.15, -0.1) is 0 Å². The van der Waals surface area contributed by atoms with Crippen LogP contribution in [0.1, 0.15) is 16.1 Å². The molecule has 0 saturated heterocycles. The fourth-order valence-electron chi connectivity index (χ4n) is 1.51. The Kier molecular flexibility index (Phi) is 5.86. The van der Waals surface area contributed by atoms with Gasteiger partial charge in [-0.05, 0) is 19.1 Å². The van der Waals surface area contributed by atoms with Gasteiger partial charge in [0.15, 0.2) is 0 Å². The van der Waals surface area contributed by atoms with E-state index in [-0.39, 0.29) is 68.4 Å². The third-order valence-corrected chi connectivity index (χ3v) is 2.90. The number of hydrogen-bond donors (Lipinski definition) is 0. The fraction of sp³-hybridized carbons (Fsp3) is 0.0909. The molecular weight excluding hydrogens is 304 g/mol. The van der Waals surface area contributed by atoms with Gasteiger partial charge in [0.2, 0.25) is 0 Å². The van der Waals surface area contributed by atoms with Crippen LogP contribution in [0.2, 0.25) is 10.0 Å². The standard InChI is InChI=1S/C11H7Cl2NO3.K/c1-5-8(11(15)16)10(14-17-5)9-6(12)3-2-4-7(9)13;/h2-4H,1H3,(H,15,16);/q;+1/p-1. The molecule has 2 aromatic rings. The van der Waals surface area contributed by atoms with Crippen molar-refractivity contribution < 1.29 is 65.8 Å². The van der Waals surface area contributed by atoms with E-state index in [2.05, 4.69) is 5.16 Å². The minimum atomic E-state index is -1.38. The van der Waals surface area contributed by atoms with Crippen molar-refractivity contribution in [3.63, 3.8) is 0 Å². The molecule has 0 aliphatic heterocycles. The molecule has 0 radical (unpaired) electrons. The zero-order valence-electron chi connectivity index (χ0n) is 9.66. The van der Waals surface area contributed by atoms with Crippen LogP contribution < -0.4 is 56.5 Å². The van der Waals surface area contributed by atoms with Crippen LogP contribution in [0, 0.1) is 6.92 Å². The van der Waals surface area contributed by atoms with Gasteiger partial charge in [0.25, 0.3) is 0 Å². The monoisotopic (exact) mass is 309 g/mol. The van der Waals surface area contributed by atoms with Crippen LogP contribution >= 0.6 is 23.2 Å². The summed E-state index contributed by atoms with van der Waals surface area (Å²) in [4.78, 5) is 11.0. The summed E-state index contributed by atoms with van der Waals surface area (Å²) in [5, 5.41) is 15.3. The average Bonchev–Trinajstić information content (AvgIpc) is 2.60. The van der Waals surface area contributed by atoms with E-state index in [9.17, 15) is 9.90 Å². The van der Waals surface area contributed by atoms with Crippen molar-refractivity contribution in [2.75, 3.05) is 0 Å². The first-order valence-electron chi connectivity index (χ1n) is 4.64. The second-order valence-corrected chi connectivity index (χ2v) is 4.16. The second-order valence-electron chi connectivity index (χ2n) is 3.35. The molecule has 1 heterocycles. The molecule has 0 unspecified atom stereocenters. The van der Waals surface area contributed by atoms with Crippen molar-refractivity contribution in [3.05, 3.63) is 39.6 Å². The Balaban J connectivity index is 0.00000162. The fourth-order valence-corrected chi connectivity index (χ4v) is 2.08. The number of hydrogen-bond acceptors (Lipinski definition) is 4. The third kappa shape index (κ3) is 2.99. The van der Waals surface area contributed by atoms with Crippen LogP contribution in [0.5, 0.6) is 0 Å². The quantitative estimate of drug-likeness (QED) is 0.690. The summed E-state index contributed by atoms with van der Waals surface area (Å²) in [7, 11) is 0. The van der Waals surface area contributed by atoms with Crippen LogP contribution in [0.3, 0.4) is 0 Å². The summed E-state index contributed by atoms with van der Waals surface area (Å²) in [5.41, 5.74) is 0.269. The second kappa shape index (κ2) is 6.52. The largest absolute Gasteiger partial charge is 1.00 e. The van der Waals surface area contributed by atoms with Gasteiger partial charge in [-0.1, -0.05) is 34.4 Å². The first-order valence-corrected chi connectivity index (χ1v) is 5.40. The van der Waals surface area contributed by atoms with Gasteiger partial charge < -0.3 is 14.4 Å². The van der Waals surface area contributed by atoms with Crippen molar-refractivity contribution in [1.29, 1.82) is 0 Å². The number of carbonyl (C=O) groups is 1. The molecule has 88 valence electrons. The number of aromatic nitrogens is 1. The van der Waals surface area contributed by atoms with Gasteiger partial charge in [-0.2, -0.15) is 0 Å². The number of benzene rings is 1. The normalized spacial score (nSPS) is 9.94. The van der Waals surface area contributed by atoms with Crippen molar-refractivity contribution in [2.24, 2.45) is 0 Å². The predicted molar refractivity (Wildman–Crippen MR) is 61.0 cm³/mol. The van der Waals surface area contributed by atoms with Gasteiger partial charge >= 0.3 is 51.4 Å². The maximum absolute atomic E-state index is 11.0. The van der Waals surface area contributed by atoms with Gasteiger partial charge in [0.1, 0.15) is 11.5 Å².